The molecule has 0 fully saturated rings. The molecule has 4 aromatic rings. The number of aromatic nitrogens is 5. The lowest BCUT2D eigenvalue weighted by molar-refractivity contribution is 0.833. The van der Waals surface area contributed by atoms with Crippen molar-refractivity contribution in [3.63, 3.8) is 0 Å². The minimum Gasteiger partial charge on any atom is -0.250 e. The van der Waals surface area contributed by atoms with Crippen molar-refractivity contribution < 1.29 is 0 Å². The third-order valence-corrected chi connectivity index (χ3v) is 4.60. The highest BCUT2D eigenvalue weighted by atomic mass is 32.1. The molecule has 0 aliphatic carbocycles. The summed E-state index contributed by atoms with van der Waals surface area (Å²) in [5, 5.41) is 16.4. The summed E-state index contributed by atoms with van der Waals surface area (Å²) >= 11 is 5.35. The second kappa shape index (κ2) is 7.13. The van der Waals surface area contributed by atoms with Crippen LogP contribution < -0.4 is 0 Å². The normalized spacial score (nSPS) is 11.3. The van der Waals surface area contributed by atoms with Crippen LogP contribution in [-0.2, 0) is 0 Å². The predicted molar refractivity (Wildman–Crippen MR) is 109 cm³/mol. The Balaban J connectivity index is 1.74. The molecule has 134 valence electrons. The Kier molecular flexibility index (Phi) is 4.52. The standard InChI is InChI=1S/C20H18N6S/c1-14-18(15(2)25(24-14)17-11-7-4-8-12-17)13-21-26-19(22-23-20(26)27)16-9-5-3-6-10-16/h3-13H,1-2H3,(H,23,27)/b21-13+. The quantitative estimate of drug-likeness (QED) is 0.428. The predicted octanol–water partition coefficient (Wildman–Crippen LogP) is 4.29. The number of benzene rings is 2. The second-order valence-corrected chi connectivity index (χ2v) is 6.49. The molecule has 0 saturated heterocycles. The second-order valence-electron chi connectivity index (χ2n) is 6.11. The number of aromatic amines is 1. The zero-order valence-corrected chi connectivity index (χ0v) is 15.8. The summed E-state index contributed by atoms with van der Waals surface area (Å²) in [6.45, 7) is 4.00. The Labute approximate surface area is 161 Å². The lowest BCUT2D eigenvalue weighted by atomic mass is 10.2. The van der Waals surface area contributed by atoms with Crippen molar-refractivity contribution in [1.29, 1.82) is 0 Å². The molecular weight excluding hydrogens is 356 g/mol. The van der Waals surface area contributed by atoms with Gasteiger partial charge in [-0.3, -0.25) is 0 Å². The summed E-state index contributed by atoms with van der Waals surface area (Å²) in [6, 6.07) is 19.9. The molecule has 0 spiro atoms. The molecule has 7 heteroatoms. The van der Waals surface area contributed by atoms with Gasteiger partial charge in [0.25, 0.3) is 0 Å². The highest BCUT2D eigenvalue weighted by Crippen LogP contribution is 2.18. The van der Waals surface area contributed by atoms with Gasteiger partial charge in [-0.2, -0.15) is 20.0 Å². The van der Waals surface area contributed by atoms with Crippen LogP contribution in [0.5, 0.6) is 0 Å². The van der Waals surface area contributed by atoms with E-state index in [0.29, 0.717) is 10.6 Å². The van der Waals surface area contributed by atoms with Crippen molar-refractivity contribution in [2.75, 3.05) is 0 Å². The maximum absolute atomic E-state index is 5.35. The summed E-state index contributed by atoms with van der Waals surface area (Å²) in [7, 11) is 0. The third-order valence-electron chi connectivity index (χ3n) is 4.33. The van der Waals surface area contributed by atoms with Gasteiger partial charge in [0.2, 0.25) is 4.77 Å². The van der Waals surface area contributed by atoms with E-state index in [1.165, 1.54) is 0 Å². The highest BCUT2D eigenvalue weighted by Gasteiger charge is 2.12. The summed E-state index contributed by atoms with van der Waals surface area (Å²) in [5.74, 6) is 0.669. The number of hydrogen-bond donors (Lipinski definition) is 1. The summed E-state index contributed by atoms with van der Waals surface area (Å²) in [4.78, 5) is 0. The molecule has 0 amide bonds. The zero-order chi connectivity index (χ0) is 18.8. The SMILES string of the molecule is Cc1nn(-c2ccccc2)c(C)c1/C=N/n1c(-c2ccccc2)n[nH]c1=S. The summed E-state index contributed by atoms with van der Waals surface area (Å²) < 4.78 is 3.99. The van der Waals surface area contributed by atoms with E-state index < -0.39 is 0 Å². The molecule has 2 aromatic carbocycles. The topological polar surface area (TPSA) is 63.8 Å². The maximum atomic E-state index is 5.35. The first kappa shape index (κ1) is 17.1. The van der Waals surface area contributed by atoms with Gasteiger partial charge in [0.1, 0.15) is 0 Å². The summed E-state index contributed by atoms with van der Waals surface area (Å²) in [5.41, 5.74) is 4.83. The molecule has 1 N–H and O–H groups in total. The number of aryl methyl sites for hydroxylation is 1. The van der Waals surface area contributed by atoms with Gasteiger partial charge in [0, 0.05) is 11.1 Å². The van der Waals surface area contributed by atoms with Gasteiger partial charge in [0.05, 0.1) is 23.3 Å². The highest BCUT2D eigenvalue weighted by molar-refractivity contribution is 7.71. The average Bonchev–Trinajstić information content (AvgIpc) is 3.21. The molecule has 0 bridgehead atoms. The van der Waals surface area contributed by atoms with Gasteiger partial charge in [-0.1, -0.05) is 48.5 Å². The van der Waals surface area contributed by atoms with Crippen LogP contribution in [0.25, 0.3) is 17.1 Å². The lowest BCUT2D eigenvalue weighted by Gasteiger charge is -2.03. The van der Waals surface area contributed by atoms with E-state index in [1.807, 2.05) is 79.2 Å². The first-order valence-electron chi connectivity index (χ1n) is 8.54. The zero-order valence-electron chi connectivity index (χ0n) is 15.0. The largest absolute Gasteiger partial charge is 0.250 e. The third kappa shape index (κ3) is 3.24. The first-order chi connectivity index (χ1) is 13.1. The van der Waals surface area contributed by atoms with Gasteiger partial charge in [-0.15, -0.1) is 0 Å². The van der Waals surface area contributed by atoms with Crippen molar-refractivity contribution in [3.05, 3.63) is 82.4 Å². The van der Waals surface area contributed by atoms with Crippen LogP contribution in [0.4, 0.5) is 0 Å². The number of hydrogen-bond acceptors (Lipinski definition) is 4. The fraction of sp³-hybridized carbons (Fsp3) is 0.100. The molecule has 0 saturated carbocycles. The average molecular weight is 374 g/mol. The molecule has 0 unspecified atom stereocenters. The van der Waals surface area contributed by atoms with Crippen LogP contribution in [0.2, 0.25) is 0 Å². The van der Waals surface area contributed by atoms with Crippen molar-refractivity contribution in [1.82, 2.24) is 24.7 Å². The molecule has 2 heterocycles. The Morgan fingerprint density at radius 2 is 1.67 bits per heavy atom. The van der Waals surface area contributed by atoms with Crippen molar-refractivity contribution in [2.24, 2.45) is 5.10 Å². The number of nitrogens with one attached hydrogen (secondary N) is 1. The van der Waals surface area contributed by atoms with Gasteiger partial charge >= 0.3 is 0 Å². The molecular formula is C20H18N6S. The van der Waals surface area contributed by atoms with E-state index in [-0.39, 0.29) is 0 Å². The van der Waals surface area contributed by atoms with Crippen LogP contribution in [-0.4, -0.2) is 30.9 Å². The Bertz CT molecular complexity index is 1150. The number of nitrogens with zero attached hydrogens (tertiary/aromatic N) is 5. The van der Waals surface area contributed by atoms with Crippen molar-refractivity contribution in [2.45, 2.75) is 13.8 Å². The molecule has 0 aliphatic rings. The fourth-order valence-corrected chi connectivity index (χ4v) is 3.13. The molecule has 4 rings (SSSR count). The van der Waals surface area contributed by atoms with E-state index >= 15 is 0 Å². The van der Waals surface area contributed by atoms with Crippen LogP contribution in [0.1, 0.15) is 17.0 Å². The number of H-pyrrole nitrogens is 1. The smallest absolute Gasteiger partial charge is 0.216 e. The van der Waals surface area contributed by atoms with Crippen molar-refractivity contribution in [3.8, 4) is 17.1 Å². The number of rotatable bonds is 4. The van der Waals surface area contributed by atoms with Crippen molar-refractivity contribution >= 4 is 18.4 Å². The fourth-order valence-electron chi connectivity index (χ4n) is 2.95. The minimum atomic E-state index is 0.441. The molecule has 0 atom stereocenters. The molecule has 0 aliphatic heterocycles. The van der Waals surface area contributed by atoms with Crippen LogP contribution in [0.3, 0.4) is 0 Å². The van der Waals surface area contributed by atoms with Crippen LogP contribution in [0.15, 0.2) is 65.8 Å². The van der Waals surface area contributed by atoms with E-state index in [1.54, 1.807) is 10.9 Å². The van der Waals surface area contributed by atoms with Gasteiger partial charge in [0.15, 0.2) is 5.82 Å². The van der Waals surface area contributed by atoms with E-state index in [4.69, 9.17) is 12.2 Å². The molecule has 6 nitrogen and oxygen atoms in total. The Morgan fingerprint density at radius 3 is 2.37 bits per heavy atom. The van der Waals surface area contributed by atoms with E-state index in [9.17, 15) is 0 Å². The number of para-hydroxylation sites is 1. The summed E-state index contributed by atoms with van der Waals surface area (Å²) in [6.07, 6.45) is 1.79. The molecule has 0 radical (unpaired) electrons. The van der Waals surface area contributed by atoms with E-state index in [2.05, 4.69) is 20.4 Å². The van der Waals surface area contributed by atoms with Gasteiger partial charge in [-0.25, -0.2) is 9.78 Å². The monoisotopic (exact) mass is 374 g/mol. The molecule has 2 aromatic heterocycles. The maximum Gasteiger partial charge on any atom is 0.216 e. The van der Waals surface area contributed by atoms with Gasteiger partial charge in [-0.05, 0) is 38.2 Å². The Morgan fingerprint density at radius 1 is 1.00 bits per heavy atom. The molecule has 27 heavy (non-hydrogen) atoms. The van der Waals surface area contributed by atoms with Crippen LogP contribution >= 0.6 is 12.2 Å². The Hall–Kier alpha value is -3.32. The van der Waals surface area contributed by atoms with E-state index in [0.717, 1.165) is 28.2 Å². The van der Waals surface area contributed by atoms with Crippen LogP contribution in [0, 0.1) is 18.6 Å². The lowest BCUT2D eigenvalue weighted by Crippen LogP contribution is -1.99. The minimum absolute atomic E-state index is 0.441. The first-order valence-corrected chi connectivity index (χ1v) is 8.95. The van der Waals surface area contributed by atoms with Gasteiger partial charge < -0.3 is 0 Å².